The smallest absolute Gasteiger partial charge is 0.306 e. The number of carbonyl (C=O) groups is 2. The number of carbonyl (C=O) groups excluding carboxylic acids is 2. The molecule has 3 N–H and O–H groups in total. The Hall–Kier alpha value is -2.96. The summed E-state index contributed by atoms with van der Waals surface area (Å²) in [6.45, 7) is 6.30. The average molecular weight is 850 g/mol. The summed E-state index contributed by atoms with van der Waals surface area (Å²) in [5.74, 6) is -0.598. The number of hydrogen-bond acceptors (Lipinski definition) is 5. The molecule has 0 saturated heterocycles. The van der Waals surface area contributed by atoms with E-state index in [1.165, 1.54) is 103 Å². The Balaban J connectivity index is 4.76. The first-order valence-corrected chi connectivity index (χ1v) is 25.3. The van der Waals surface area contributed by atoms with Gasteiger partial charge in [0, 0.05) is 12.8 Å². The first-order chi connectivity index (χ1) is 30.0. The summed E-state index contributed by atoms with van der Waals surface area (Å²) in [7, 11) is 0. The summed E-state index contributed by atoms with van der Waals surface area (Å²) in [6, 6.07) is -0.738. The highest BCUT2D eigenvalue weighted by Gasteiger charge is 2.23. The maximum absolute atomic E-state index is 13.2. The highest BCUT2D eigenvalue weighted by Crippen LogP contribution is 2.16. The molecule has 0 aromatic rings. The van der Waals surface area contributed by atoms with Crippen LogP contribution in [0.3, 0.4) is 0 Å². The molecule has 0 fully saturated rings. The second kappa shape index (κ2) is 48.1. The molecule has 6 nitrogen and oxygen atoms in total. The molecule has 0 aliphatic carbocycles. The van der Waals surface area contributed by atoms with Crippen LogP contribution in [-0.2, 0) is 14.3 Å². The quantitative estimate of drug-likeness (QED) is 0.0246. The Labute approximate surface area is 376 Å². The zero-order valence-electron chi connectivity index (χ0n) is 39.8. The van der Waals surface area contributed by atoms with Crippen molar-refractivity contribution in [2.24, 2.45) is 0 Å². The number of aliphatic hydroxyl groups is 2. The van der Waals surface area contributed by atoms with Gasteiger partial charge in [-0.25, -0.2) is 0 Å². The highest BCUT2D eigenvalue weighted by molar-refractivity contribution is 5.77. The maximum Gasteiger partial charge on any atom is 0.306 e. The molecule has 0 aliphatic heterocycles. The summed E-state index contributed by atoms with van der Waals surface area (Å²) in [4.78, 5) is 26.1. The Morgan fingerprint density at radius 3 is 1.46 bits per heavy atom. The molecular formula is C55H95NO5. The van der Waals surface area contributed by atoms with E-state index in [-0.39, 0.29) is 24.9 Å². The molecule has 0 spiro atoms. The monoisotopic (exact) mass is 850 g/mol. The number of rotatable bonds is 44. The van der Waals surface area contributed by atoms with Gasteiger partial charge in [-0.2, -0.15) is 0 Å². The van der Waals surface area contributed by atoms with Crippen LogP contribution in [0.5, 0.6) is 0 Å². The van der Waals surface area contributed by atoms with Crippen LogP contribution in [0.4, 0.5) is 0 Å². The summed E-state index contributed by atoms with van der Waals surface area (Å²) in [5.41, 5.74) is 0. The van der Waals surface area contributed by atoms with Crippen molar-refractivity contribution in [3.8, 4) is 0 Å². The van der Waals surface area contributed by atoms with Crippen LogP contribution >= 0.6 is 0 Å². The van der Waals surface area contributed by atoms with Crippen molar-refractivity contribution in [3.05, 3.63) is 85.1 Å². The van der Waals surface area contributed by atoms with Crippen molar-refractivity contribution in [3.63, 3.8) is 0 Å². The molecule has 61 heavy (non-hydrogen) atoms. The summed E-state index contributed by atoms with van der Waals surface area (Å²) < 4.78 is 5.86. The molecule has 0 saturated carbocycles. The molecule has 0 heterocycles. The Bertz CT molecular complexity index is 1180. The van der Waals surface area contributed by atoms with Gasteiger partial charge in [0.2, 0.25) is 5.91 Å². The van der Waals surface area contributed by atoms with Crippen LogP contribution in [0.2, 0.25) is 0 Å². The molecular weight excluding hydrogens is 755 g/mol. The zero-order valence-corrected chi connectivity index (χ0v) is 39.8. The first-order valence-electron chi connectivity index (χ1n) is 25.3. The molecule has 0 aromatic carbocycles. The first kappa shape index (κ1) is 58.0. The number of unbranched alkanes of at least 4 members (excludes halogenated alkanes) is 20. The fourth-order valence-corrected chi connectivity index (χ4v) is 7.15. The van der Waals surface area contributed by atoms with Gasteiger partial charge in [0.25, 0.3) is 0 Å². The number of ether oxygens (including phenoxy) is 1. The maximum atomic E-state index is 13.2. The summed E-state index contributed by atoms with van der Waals surface area (Å²) in [5, 5.41) is 23.7. The molecule has 0 radical (unpaired) electrons. The van der Waals surface area contributed by atoms with Crippen LogP contribution in [-0.4, -0.2) is 46.9 Å². The number of hydrogen-bond donors (Lipinski definition) is 3. The minimum atomic E-state index is -0.817. The molecule has 0 rings (SSSR count). The van der Waals surface area contributed by atoms with E-state index in [9.17, 15) is 19.8 Å². The Kier molecular flexibility index (Phi) is 45.7. The predicted molar refractivity (Wildman–Crippen MR) is 264 cm³/mol. The van der Waals surface area contributed by atoms with Crippen molar-refractivity contribution in [2.45, 2.75) is 244 Å². The number of aliphatic hydroxyl groups excluding tert-OH is 2. The standard InChI is InChI=1S/C55H95NO5/c1-4-7-10-13-16-19-22-25-27-29-31-34-37-40-43-46-51(61-55(60)48-45-42-39-36-33-30-28-26-23-20-17-14-11-8-5-2)49-54(59)56-52(50-57)53(58)47-44-41-38-35-32-24-21-18-15-12-9-6-3/h7,10,16-17,19-20,23,25-27,31,34,40,43,51-53,57-58H,4-6,8-9,11-15,18,21-22,24,28-30,32-33,35-39,41-42,44-50H2,1-3H3,(H,56,59)/b10-7-,19-16-,20-17+,26-23+,27-25-,34-31-,43-40-. The third-order valence-electron chi connectivity index (χ3n) is 11.0. The molecule has 3 unspecified atom stereocenters. The zero-order chi connectivity index (χ0) is 44.5. The van der Waals surface area contributed by atoms with E-state index < -0.39 is 18.2 Å². The van der Waals surface area contributed by atoms with E-state index in [4.69, 9.17) is 4.74 Å². The molecule has 0 aliphatic rings. The van der Waals surface area contributed by atoms with Crippen LogP contribution in [0, 0.1) is 0 Å². The summed E-state index contributed by atoms with van der Waals surface area (Å²) >= 11 is 0. The van der Waals surface area contributed by atoms with Gasteiger partial charge in [0.15, 0.2) is 0 Å². The highest BCUT2D eigenvalue weighted by atomic mass is 16.5. The third kappa shape index (κ3) is 43.5. The van der Waals surface area contributed by atoms with E-state index in [0.29, 0.717) is 19.3 Å². The van der Waals surface area contributed by atoms with E-state index in [2.05, 4.69) is 99.0 Å². The predicted octanol–water partition coefficient (Wildman–Crippen LogP) is 15.2. The number of esters is 1. The lowest BCUT2D eigenvalue weighted by molar-refractivity contribution is -0.150. The largest absolute Gasteiger partial charge is 0.461 e. The lowest BCUT2D eigenvalue weighted by Gasteiger charge is -2.24. The van der Waals surface area contributed by atoms with Crippen molar-refractivity contribution in [2.75, 3.05) is 6.61 Å². The van der Waals surface area contributed by atoms with E-state index in [1.807, 2.05) is 12.2 Å². The Morgan fingerprint density at radius 1 is 0.525 bits per heavy atom. The van der Waals surface area contributed by atoms with Gasteiger partial charge in [-0.15, -0.1) is 0 Å². The van der Waals surface area contributed by atoms with E-state index >= 15 is 0 Å². The minimum absolute atomic E-state index is 0.00896. The lowest BCUT2D eigenvalue weighted by Crippen LogP contribution is -2.46. The molecule has 3 atom stereocenters. The van der Waals surface area contributed by atoms with Gasteiger partial charge in [0.05, 0.1) is 25.2 Å². The molecule has 0 aromatic heterocycles. The number of amides is 1. The number of nitrogens with one attached hydrogen (secondary N) is 1. The van der Waals surface area contributed by atoms with Crippen LogP contribution in [0.25, 0.3) is 0 Å². The van der Waals surface area contributed by atoms with Crippen molar-refractivity contribution < 1.29 is 24.5 Å². The summed E-state index contributed by atoms with van der Waals surface area (Å²) in [6.07, 6.45) is 62.2. The minimum Gasteiger partial charge on any atom is -0.461 e. The van der Waals surface area contributed by atoms with E-state index in [0.717, 1.165) is 77.0 Å². The second-order valence-corrected chi connectivity index (χ2v) is 16.9. The molecule has 350 valence electrons. The molecule has 1 amide bonds. The van der Waals surface area contributed by atoms with Crippen molar-refractivity contribution >= 4 is 11.9 Å². The van der Waals surface area contributed by atoms with Gasteiger partial charge in [-0.1, -0.05) is 221 Å². The average Bonchev–Trinajstić information content (AvgIpc) is 3.25. The second-order valence-electron chi connectivity index (χ2n) is 16.9. The van der Waals surface area contributed by atoms with Gasteiger partial charge < -0.3 is 20.3 Å². The van der Waals surface area contributed by atoms with Gasteiger partial charge >= 0.3 is 5.97 Å². The van der Waals surface area contributed by atoms with Crippen LogP contribution in [0.1, 0.15) is 226 Å². The van der Waals surface area contributed by atoms with E-state index in [1.54, 1.807) is 0 Å². The van der Waals surface area contributed by atoms with Crippen molar-refractivity contribution in [1.29, 1.82) is 0 Å². The topological polar surface area (TPSA) is 95.9 Å². The van der Waals surface area contributed by atoms with Gasteiger partial charge in [0.1, 0.15) is 6.10 Å². The third-order valence-corrected chi connectivity index (χ3v) is 11.0. The van der Waals surface area contributed by atoms with Gasteiger partial charge in [-0.05, 0) is 70.6 Å². The van der Waals surface area contributed by atoms with Crippen LogP contribution < -0.4 is 5.32 Å². The molecule has 0 bridgehead atoms. The Morgan fingerprint density at radius 2 is 0.951 bits per heavy atom. The normalized spacial score (nSPS) is 14.0. The molecule has 6 heteroatoms. The number of allylic oxidation sites excluding steroid dienone is 13. The SMILES string of the molecule is CC/C=C\C/C=C\C/C=C\C/C=C\C/C=C\CC(CC(=O)NC(CO)C(O)CCCCCCCCCCCCCC)OC(=O)CCCCCCCC/C=C/C=C/CCCCC. The van der Waals surface area contributed by atoms with Crippen molar-refractivity contribution in [1.82, 2.24) is 5.32 Å². The lowest BCUT2D eigenvalue weighted by atomic mass is 10.0. The fourth-order valence-electron chi connectivity index (χ4n) is 7.15. The van der Waals surface area contributed by atoms with Gasteiger partial charge in [-0.3, -0.25) is 9.59 Å². The fraction of sp³-hybridized carbons (Fsp3) is 0.709. The van der Waals surface area contributed by atoms with Crippen LogP contribution in [0.15, 0.2) is 85.1 Å².